The Kier molecular flexibility index (Phi) is 3.69. The van der Waals surface area contributed by atoms with Crippen molar-refractivity contribution in [1.29, 1.82) is 0 Å². The van der Waals surface area contributed by atoms with Gasteiger partial charge in [-0.05, 0) is 18.4 Å². The molecule has 0 aromatic carbocycles. The molecular formula is C13H18N4O2. The van der Waals surface area contributed by atoms with Crippen molar-refractivity contribution in [1.82, 2.24) is 14.6 Å². The number of aliphatic carboxylic acids is 1. The maximum Gasteiger partial charge on any atom is 0.326 e. The quantitative estimate of drug-likeness (QED) is 0.862. The molecular weight excluding hydrogens is 244 g/mol. The summed E-state index contributed by atoms with van der Waals surface area (Å²) >= 11 is 0. The molecule has 1 unspecified atom stereocenters. The molecule has 19 heavy (non-hydrogen) atoms. The van der Waals surface area contributed by atoms with Gasteiger partial charge in [-0.15, -0.1) is 0 Å². The first-order valence-corrected chi connectivity index (χ1v) is 6.36. The topological polar surface area (TPSA) is 79.5 Å². The molecule has 0 bridgehead atoms. The third kappa shape index (κ3) is 2.67. The molecule has 0 aliphatic carbocycles. The van der Waals surface area contributed by atoms with Crippen LogP contribution in [0.4, 0.5) is 5.82 Å². The molecule has 6 heteroatoms. The number of anilines is 1. The Morgan fingerprint density at radius 3 is 2.84 bits per heavy atom. The summed E-state index contributed by atoms with van der Waals surface area (Å²) in [5.74, 6) is -0.0137. The number of carboxylic acids is 1. The Labute approximate surface area is 111 Å². The van der Waals surface area contributed by atoms with Crippen LogP contribution in [0, 0.1) is 0 Å². The van der Waals surface area contributed by atoms with Gasteiger partial charge in [-0.1, -0.05) is 20.8 Å². The molecule has 2 rings (SSSR count). The molecule has 2 aromatic rings. The molecule has 2 N–H and O–H groups in total. The van der Waals surface area contributed by atoms with E-state index in [2.05, 4.69) is 29.2 Å². The van der Waals surface area contributed by atoms with Gasteiger partial charge in [0.05, 0.1) is 5.69 Å². The Morgan fingerprint density at radius 2 is 2.26 bits per heavy atom. The third-order valence-corrected chi connectivity index (χ3v) is 3.02. The average Bonchev–Trinajstić information content (AvgIpc) is 2.80. The van der Waals surface area contributed by atoms with Gasteiger partial charge in [0.25, 0.3) is 0 Å². The Balaban J connectivity index is 2.40. The van der Waals surface area contributed by atoms with E-state index in [9.17, 15) is 4.79 Å². The number of hydrogen-bond donors (Lipinski definition) is 2. The van der Waals surface area contributed by atoms with Crippen molar-refractivity contribution in [2.75, 3.05) is 5.32 Å². The molecule has 2 aromatic heterocycles. The van der Waals surface area contributed by atoms with E-state index in [1.165, 1.54) is 0 Å². The van der Waals surface area contributed by atoms with Crippen LogP contribution >= 0.6 is 0 Å². The number of nitrogens with one attached hydrogen (secondary N) is 1. The number of carboxylic acid groups (broad SMARTS) is 1. The second-order valence-electron chi connectivity index (χ2n) is 4.77. The zero-order chi connectivity index (χ0) is 14.0. The van der Waals surface area contributed by atoms with E-state index >= 15 is 0 Å². The largest absolute Gasteiger partial charge is 0.480 e. The fourth-order valence-electron chi connectivity index (χ4n) is 1.84. The minimum absolute atomic E-state index is 0.314. The van der Waals surface area contributed by atoms with Gasteiger partial charge >= 0.3 is 5.97 Å². The summed E-state index contributed by atoms with van der Waals surface area (Å²) in [4.78, 5) is 15.3. The summed E-state index contributed by atoms with van der Waals surface area (Å²) in [6, 6.07) is 1.30. The van der Waals surface area contributed by atoms with E-state index in [4.69, 9.17) is 5.11 Å². The molecule has 0 saturated heterocycles. The van der Waals surface area contributed by atoms with Crippen molar-refractivity contribution in [2.24, 2.45) is 0 Å². The number of aromatic nitrogens is 3. The highest BCUT2D eigenvalue weighted by Gasteiger charge is 2.17. The van der Waals surface area contributed by atoms with Gasteiger partial charge in [-0.25, -0.2) is 14.3 Å². The van der Waals surface area contributed by atoms with Crippen molar-refractivity contribution < 1.29 is 9.90 Å². The average molecular weight is 262 g/mol. The zero-order valence-corrected chi connectivity index (χ0v) is 11.3. The van der Waals surface area contributed by atoms with E-state index in [1.54, 1.807) is 16.9 Å². The highest BCUT2D eigenvalue weighted by Crippen LogP contribution is 2.20. The SMILES string of the molecule is CCC(Nc1nccn2nc(C(C)C)cc12)C(=O)O. The summed E-state index contributed by atoms with van der Waals surface area (Å²) in [7, 11) is 0. The van der Waals surface area contributed by atoms with E-state index in [1.807, 2.05) is 13.0 Å². The van der Waals surface area contributed by atoms with Gasteiger partial charge in [0.1, 0.15) is 11.6 Å². The van der Waals surface area contributed by atoms with Gasteiger partial charge < -0.3 is 10.4 Å². The minimum Gasteiger partial charge on any atom is -0.480 e. The predicted octanol–water partition coefficient (Wildman–Crippen LogP) is 2.13. The highest BCUT2D eigenvalue weighted by atomic mass is 16.4. The predicted molar refractivity (Wildman–Crippen MR) is 72.4 cm³/mol. The lowest BCUT2D eigenvalue weighted by atomic mass is 10.1. The van der Waals surface area contributed by atoms with Crippen LogP contribution in [0.3, 0.4) is 0 Å². The first-order chi connectivity index (χ1) is 9.02. The number of fused-ring (bicyclic) bond motifs is 1. The second-order valence-corrected chi connectivity index (χ2v) is 4.77. The lowest BCUT2D eigenvalue weighted by Gasteiger charge is -2.13. The summed E-state index contributed by atoms with van der Waals surface area (Å²) in [5, 5.41) is 16.5. The Bertz CT molecular complexity index is 591. The molecule has 0 radical (unpaired) electrons. The number of carbonyl (C=O) groups is 1. The van der Waals surface area contributed by atoms with Gasteiger partial charge in [-0.3, -0.25) is 0 Å². The monoisotopic (exact) mass is 262 g/mol. The molecule has 0 aliphatic rings. The number of rotatable bonds is 5. The van der Waals surface area contributed by atoms with E-state index < -0.39 is 12.0 Å². The molecule has 1 atom stereocenters. The molecule has 0 fully saturated rings. The van der Waals surface area contributed by atoms with Crippen LogP contribution in [0.2, 0.25) is 0 Å². The fourth-order valence-corrected chi connectivity index (χ4v) is 1.84. The number of hydrogen-bond acceptors (Lipinski definition) is 4. The normalized spacial score (nSPS) is 12.8. The van der Waals surface area contributed by atoms with Crippen LogP contribution in [0.25, 0.3) is 5.52 Å². The molecule has 0 aliphatic heterocycles. The van der Waals surface area contributed by atoms with Gasteiger partial charge in [0.2, 0.25) is 0 Å². The molecule has 6 nitrogen and oxygen atoms in total. The minimum atomic E-state index is -0.880. The van der Waals surface area contributed by atoms with E-state index in [-0.39, 0.29) is 0 Å². The van der Waals surface area contributed by atoms with E-state index in [0.29, 0.717) is 18.2 Å². The zero-order valence-electron chi connectivity index (χ0n) is 11.3. The van der Waals surface area contributed by atoms with Crippen LogP contribution in [-0.2, 0) is 4.79 Å². The third-order valence-electron chi connectivity index (χ3n) is 3.02. The van der Waals surface area contributed by atoms with Gasteiger partial charge in [0.15, 0.2) is 5.82 Å². The molecule has 0 saturated carbocycles. The number of nitrogens with zero attached hydrogens (tertiary/aromatic N) is 3. The van der Waals surface area contributed by atoms with E-state index in [0.717, 1.165) is 11.2 Å². The Morgan fingerprint density at radius 1 is 1.53 bits per heavy atom. The summed E-state index contributed by atoms with van der Waals surface area (Å²) < 4.78 is 1.72. The van der Waals surface area contributed by atoms with Crippen molar-refractivity contribution in [3.05, 3.63) is 24.2 Å². The molecule has 0 amide bonds. The second kappa shape index (κ2) is 5.26. The fraction of sp³-hybridized carbons (Fsp3) is 0.462. The maximum absolute atomic E-state index is 11.1. The van der Waals surface area contributed by atoms with Gasteiger partial charge in [0, 0.05) is 12.4 Å². The van der Waals surface area contributed by atoms with Gasteiger partial charge in [-0.2, -0.15) is 5.10 Å². The lowest BCUT2D eigenvalue weighted by molar-refractivity contribution is -0.137. The van der Waals surface area contributed by atoms with Crippen LogP contribution < -0.4 is 5.32 Å². The summed E-state index contributed by atoms with van der Waals surface area (Å²) in [6.45, 7) is 5.95. The Hall–Kier alpha value is -2.11. The van der Waals surface area contributed by atoms with Crippen LogP contribution in [0.1, 0.15) is 38.8 Å². The lowest BCUT2D eigenvalue weighted by Crippen LogP contribution is -2.28. The molecule has 2 heterocycles. The first-order valence-electron chi connectivity index (χ1n) is 6.36. The smallest absolute Gasteiger partial charge is 0.326 e. The maximum atomic E-state index is 11.1. The van der Waals surface area contributed by atoms with Crippen molar-refractivity contribution >= 4 is 17.3 Å². The summed E-state index contributed by atoms with van der Waals surface area (Å²) in [6.07, 6.45) is 3.86. The first kappa shape index (κ1) is 13.3. The molecule has 0 spiro atoms. The van der Waals surface area contributed by atoms with Crippen LogP contribution in [0.5, 0.6) is 0 Å². The van der Waals surface area contributed by atoms with Crippen LogP contribution in [0.15, 0.2) is 18.5 Å². The molecule has 102 valence electrons. The standard InChI is InChI=1S/C13H18N4O2/c1-4-9(13(18)19)15-12-11-7-10(8(2)3)16-17(11)6-5-14-12/h5-9H,4H2,1-3H3,(H,14,15)(H,18,19). The van der Waals surface area contributed by atoms with Crippen LogP contribution in [-0.4, -0.2) is 31.7 Å². The van der Waals surface area contributed by atoms with Crippen molar-refractivity contribution in [3.8, 4) is 0 Å². The van der Waals surface area contributed by atoms with Crippen molar-refractivity contribution in [2.45, 2.75) is 39.2 Å². The highest BCUT2D eigenvalue weighted by molar-refractivity contribution is 5.79. The van der Waals surface area contributed by atoms with Crippen molar-refractivity contribution in [3.63, 3.8) is 0 Å². The summed E-state index contributed by atoms with van der Waals surface area (Å²) in [5.41, 5.74) is 1.75.